The van der Waals surface area contributed by atoms with Crippen molar-refractivity contribution in [2.75, 3.05) is 7.11 Å². The van der Waals surface area contributed by atoms with Crippen molar-refractivity contribution in [3.63, 3.8) is 0 Å². The summed E-state index contributed by atoms with van der Waals surface area (Å²) < 4.78 is 24.5. The molecule has 0 saturated carbocycles. The van der Waals surface area contributed by atoms with Gasteiger partial charge < -0.3 is 15.2 Å². The van der Waals surface area contributed by atoms with E-state index in [2.05, 4.69) is 0 Å². The van der Waals surface area contributed by atoms with E-state index in [-0.39, 0.29) is 18.0 Å². The van der Waals surface area contributed by atoms with Gasteiger partial charge in [0, 0.05) is 12.1 Å². The molecule has 0 spiro atoms. The van der Waals surface area contributed by atoms with E-state index >= 15 is 0 Å². The van der Waals surface area contributed by atoms with Gasteiger partial charge in [0.2, 0.25) is 0 Å². The van der Waals surface area contributed by atoms with Crippen LogP contribution in [0.3, 0.4) is 0 Å². The maximum Gasteiger partial charge on any atom is 0.164 e. The van der Waals surface area contributed by atoms with Crippen molar-refractivity contribution in [1.29, 1.82) is 0 Å². The van der Waals surface area contributed by atoms with E-state index in [1.54, 1.807) is 6.07 Å². The first kappa shape index (κ1) is 13.8. The third-order valence-corrected chi connectivity index (χ3v) is 2.24. The van der Waals surface area contributed by atoms with Crippen LogP contribution < -0.4 is 15.2 Å². The second-order valence-corrected chi connectivity index (χ2v) is 4.44. The summed E-state index contributed by atoms with van der Waals surface area (Å²) >= 11 is 0. The van der Waals surface area contributed by atoms with Crippen LogP contribution in [0.5, 0.6) is 11.5 Å². The predicted molar refractivity (Wildman–Crippen MR) is 66.1 cm³/mol. The molecule has 0 radical (unpaired) electrons. The monoisotopic (exact) mass is 241 g/mol. The largest absolute Gasteiger partial charge is 0.493 e. The summed E-state index contributed by atoms with van der Waals surface area (Å²) in [6, 6.07) is 2.92. The molecule has 1 atom stereocenters. The molecule has 0 amide bonds. The molecule has 4 heteroatoms. The Morgan fingerprint density at radius 2 is 1.88 bits per heavy atom. The molecule has 0 aliphatic rings. The van der Waals surface area contributed by atoms with E-state index in [9.17, 15) is 4.39 Å². The summed E-state index contributed by atoms with van der Waals surface area (Å²) in [6.07, 6.45) is 0.451. The summed E-state index contributed by atoms with van der Waals surface area (Å²) in [5.41, 5.74) is 6.21. The van der Waals surface area contributed by atoms with Crippen molar-refractivity contribution in [3.05, 3.63) is 23.5 Å². The third kappa shape index (κ3) is 3.89. The van der Waals surface area contributed by atoms with E-state index in [0.717, 1.165) is 0 Å². The first-order valence-corrected chi connectivity index (χ1v) is 5.72. The van der Waals surface area contributed by atoms with Crippen LogP contribution in [0.2, 0.25) is 0 Å². The van der Waals surface area contributed by atoms with Crippen molar-refractivity contribution >= 4 is 0 Å². The highest BCUT2D eigenvalue weighted by Crippen LogP contribution is 2.31. The average molecular weight is 241 g/mol. The van der Waals surface area contributed by atoms with Gasteiger partial charge in [0.1, 0.15) is 5.82 Å². The van der Waals surface area contributed by atoms with Crippen LogP contribution in [-0.4, -0.2) is 19.3 Å². The van der Waals surface area contributed by atoms with Gasteiger partial charge in [-0.05, 0) is 38.8 Å². The van der Waals surface area contributed by atoms with Crippen LogP contribution in [0, 0.1) is 5.82 Å². The Hall–Kier alpha value is -1.29. The first-order valence-electron chi connectivity index (χ1n) is 5.72. The lowest BCUT2D eigenvalue weighted by atomic mass is 10.1. The van der Waals surface area contributed by atoms with Gasteiger partial charge in [-0.25, -0.2) is 4.39 Å². The number of hydrogen-bond acceptors (Lipinski definition) is 3. The lowest BCUT2D eigenvalue weighted by molar-refractivity contribution is 0.228. The topological polar surface area (TPSA) is 44.5 Å². The molecule has 17 heavy (non-hydrogen) atoms. The minimum Gasteiger partial charge on any atom is -0.493 e. The smallest absolute Gasteiger partial charge is 0.164 e. The summed E-state index contributed by atoms with van der Waals surface area (Å²) in [4.78, 5) is 0. The van der Waals surface area contributed by atoms with Crippen molar-refractivity contribution in [2.45, 2.75) is 39.3 Å². The van der Waals surface area contributed by atoms with E-state index in [1.165, 1.54) is 13.2 Å². The van der Waals surface area contributed by atoms with Crippen LogP contribution in [0.15, 0.2) is 12.1 Å². The van der Waals surface area contributed by atoms with Crippen LogP contribution >= 0.6 is 0 Å². The third-order valence-electron chi connectivity index (χ3n) is 2.24. The molecule has 1 aromatic rings. The molecule has 0 aliphatic heterocycles. The Morgan fingerprint density at radius 1 is 1.24 bits per heavy atom. The SMILES string of the molecule is COc1cc(CC(C)N)c(F)cc1OC(C)C. The molecule has 1 unspecified atom stereocenters. The molecule has 0 aliphatic carbocycles. The fourth-order valence-electron chi connectivity index (χ4n) is 1.59. The van der Waals surface area contributed by atoms with Gasteiger partial charge in [-0.2, -0.15) is 0 Å². The Balaban J connectivity index is 3.06. The molecule has 1 aromatic carbocycles. The number of halogens is 1. The van der Waals surface area contributed by atoms with Crippen LogP contribution in [0.25, 0.3) is 0 Å². The zero-order valence-corrected chi connectivity index (χ0v) is 10.8. The van der Waals surface area contributed by atoms with Gasteiger partial charge in [0.15, 0.2) is 11.5 Å². The standard InChI is InChI=1S/C13H20FNO2/c1-8(2)17-13-7-11(14)10(5-9(3)15)6-12(13)16-4/h6-9H,5,15H2,1-4H3. The van der Waals surface area contributed by atoms with Gasteiger partial charge in [0.05, 0.1) is 13.2 Å². The summed E-state index contributed by atoms with van der Waals surface area (Å²) in [5, 5.41) is 0. The average Bonchev–Trinajstić information content (AvgIpc) is 2.20. The van der Waals surface area contributed by atoms with Gasteiger partial charge >= 0.3 is 0 Å². The summed E-state index contributed by atoms with van der Waals surface area (Å²) in [6.45, 7) is 5.60. The molecule has 0 aromatic heterocycles. The quantitative estimate of drug-likeness (QED) is 0.861. The highest BCUT2D eigenvalue weighted by Gasteiger charge is 2.13. The minimum atomic E-state index is -0.307. The minimum absolute atomic E-state index is 0.0254. The fraction of sp³-hybridized carbons (Fsp3) is 0.538. The number of benzene rings is 1. The van der Waals surface area contributed by atoms with Crippen molar-refractivity contribution < 1.29 is 13.9 Å². The van der Waals surface area contributed by atoms with Gasteiger partial charge in [-0.3, -0.25) is 0 Å². The molecule has 1 rings (SSSR count). The zero-order valence-electron chi connectivity index (χ0n) is 10.8. The van der Waals surface area contributed by atoms with Gasteiger partial charge in [-0.15, -0.1) is 0 Å². The van der Waals surface area contributed by atoms with E-state index in [4.69, 9.17) is 15.2 Å². The van der Waals surface area contributed by atoms with Crippen molar-refractivity contribution in [2.24, 2.45) is 5.73 Å². The first-order chi connectivity index (χ1) is 7.93. The Morgan fingerprint density at radius 3 is 2.35 bits per heavy atom. The van der Waals surface area contributed by atoms with Crippen LogP contribution in [-0.2, 0) is 6.42 Å². The number of nitrogens with two attached hydrogens (primary N) is 1. The molecule has 2 N–H and O–H groups in total. The van der Waals surface area contributed by atoms with Gasteiger partial charge in [-0.1, -0.05) is 0 Å². The molecule has 0 fully saturated rings. The van der Waals surface area contributed by atoms with Crippen molar-refractivity contribution in [1.82, 2.24) is 0 Å². The van der Waals surface area contributed by atoms with E-state index in [1.807, 2.05) is 20.8 Å². The zero-order chi connectivity index (χ0) is 13.0. The Bertz CT molecular complexity index is 378. The van der Waals surface area contributed by atoms with Crippen LogP contribution in [0.4, 0.5) is 4.39 Å². The normalized spacial score (nSPS) is 12.6. The highest BCUT2D eigenvalue weighted by atomic mass is 19.1. The summed E-state index contributed by atoms with van der Waals surface area (Å²) in [5.74, 6) is 0.655. The van der Waals surface area contributed by atoms with Gasteiger partial charge in [0.25, 0.3) is 0 Å². The Kier molecular flexibility index (Phi) is 4.75. The molecule has 0 bridgehead atoms. The molecule has 0 saturated heterocycles. The van der Waals surface area contributed by atoms with Crippen LogP contribution in [0.1, 0.15) is 26.3 Å². The Labute approximate surface area is 102 Å². The second-order valence-electron chi connectivity index (χ2n) is 4.44. The molecular weight excluding hydrogens is 221 g/mol. The molecular formula is C13H20FNO2. The highest BCUT2D eigenvalue weighted by molar-refractivity contribution is 5.44. The second kappa shape index (κ2) is 5.87. The molecule has 96 valence electrons. The number of ether oxygens (including phenoxy) is 2. The number of hydrogen-bond donors (Lipinski definition) is 1. The molecule has 3 nitrogen and oxygen atoms in total. The van der Waals surface area contributed by atoms with E-state index in [0.29, 0.717) is 23.5 Å². The fourth-order valence-corrected chi connectivity index (χ4v) is 1.59. The van der Waals surface area contributed by atoms with Crippen molar-refractivity contribution in [3.8, 4) is 11.5 Å². The lowest BCUT2D eigenvalue weighted by Crippen LogP contribution is -2.18. The number of rotatable bonds is 5. The van der Waals surface area contributed by atoms with E-state index < -0.39 is 0 Å². The maximum absolute atomic E-state index is 13.8. The number of methoxy groups -OCH3 is 1. The lowest BCUT2D eigenvalue weighted by Gasteiger charge is -2.16. The summed E-state index contributed by atoms with van der Waals surface area (Å²) in [7, 11) is 1.54. The molecule has 0 heterocycles. The predicted octanol–water partition coefficient (Wildman–Crippen LogP) is 2.51. The maximum atomic E-state index is 13.8.